The van der Waals surface area contributed by atoms with Crippen molar-refractivity contribution in [3.63, 3.8) is 0 Å². The average Bonchev–Trinajstić information content (AvgIpc) is 3.29. The number of benzene rings is 1. The summed E-state index contributed by atoms with van der Waals surface area (Å²) >= 11 is 1.55. The lowest BCUT2D eigenvalue weighted by atomic mass is 10.1. The van der Waals surface area contributed by atoms with E-state index in [4.69, 9.17) is 9.15 Å². The van der Waals surface area contributed by atoms with Crippen molar-refractivity contribution < 1.29 is 9.15 Å². The van der Waals surface area contributed by atoms with Crippen LogP contribution >= 0.6 is 11.3 Å². The summed E-state index contributed by atoms with van der Waals surface area (Å²) in [7, 11) is 0. The lowest BCUT2D eigenvalue weighted by Gasteiger charge is -2.29. The maximum absolute atomic E-state index is 12.4. The summed E-state index contributed by atoms with van der Waals surface area (Å²) in [5.74, 6) is 0.835. The fourth-order valence-corrected chi connectivity index (χ4v) is 3.92. The Balaban J connectivity index is 1.67. The third-order valence-electron chi connectivity index (χ3n) is 4.56. The number of fused-ring (bicyclic) bond motifs is 3. The van der Waals surface area contributed by atoms with Crippen LogP contribution < -0.4 is 10.4 Å². The molecule has 1 fully saturated rings. The minimum atomic E-state index is -0.281. The van der Waals surface area contributed by atoms with E-state index < -0.39 is 0 Å². The second kappa shape index (κ2) is 4.94. The van der Waals surface area contributed by atoms with Crippen molar-refractivity contribution in [3.05, 3.63) is 51.7 Å². The van der Waals surface area contributed by atoms with Crippen molar-refractivity contribution in [2.45, 2.75) is 25.4 Å². The second-order valence-corrected chi connectivity index (χ2v) is 7.08. The molecule has 1 aliphatic carbocycles. The Labute approximate surface area is 136 Å². The van der Waals surface area contributed by atoms with Crippen molar-refractivity contribution in [2.24, 2.45) is 0 Å². The highest BCUT2D eigenvalue weighted by Gasteiger charge is 2.33. The van der Waals surface area contributed by atoms with Gasteiger partial charge in [-0.2, -0.15) is 0 Å². The summed E-state index contributed by atoms with van der Waals surface area (Å²) in [6, 6.07) is 10.4. The Morgan fingerprint density at radius 3 is 2.91 bits per heavy atom. The molecule has 0 spiro atoms. The quantitative estimate of drug-likeness (QED) is 0.672. The average molecular weight is 325 g/mol. The predicted molar refractivity (Wildman–Crippen MR) is 89.9 cm³/mol. The first-order valence-corrected chi connectivity index (χ1v) is 8.68. The minimum absolute atomic E-state index is 0.281. The third-order valence-corrected chi connectivity index (χ3v) is 5.46. The first-order chi connectivity index (χ1) is 11.3. The molecule has 0 amide bonds. The summed E-state index contributed by atoms with van der Waals surface area (Å²) < 4.78 is 11.6. The maximum Gasteiger partial charge on any atom is 0.345 e. The molecule has 3 aromatic rings. The maximum atomic E-state index is 12.4. The SMILES string of the molecule is O=c1oc2c3c(ccc2cc1-c1cccs1)OCN(C1CC1)C3. The molecular formula is C18H15NO3S. The Morgan fingerprint density at radius 2 is 2.13 bits per heavy atom. The number of hydrogen-bond acceptors (Lipinski definition) is 5. The van der Waals surface area contributed by atoms with Crippen LogP contribution in [0.25, 0.3) is 21.4 Å². The molecule has 3 heterocycles. The number of rotatable bonds is 2. The number of thiophene rings is 1. The second-order valence-electron chi connectivity index (χ2n) is 6.14. The fourth-order valence-electron chi connectivity index (χ4n) is 3.19. The number of hydrogen-bond donors (Lipinski definition) is 0. The molecule has 4 nitrogen and oxygen atoms in total. The molecule has 2 aromatic heterocycles. The monoisotopic (exact) mass is 325 g/mol. The molecule has 0 atom stereocenters. The van der Waals surface area contributed by atoms with Crippen LogP contribution in [0.1, 0.15) is 18.4 Å². The Hall–Kier alpha value is -2.11. The van der Waals surface area contributed by atoms with E-state index in [2.05, 4.69) is 4.90 Å². The van der Waals surface area contributed by atoms with Crippen LogP contribution in [-0.2, 0) is 6.54 Å². The Morgan fingerprint density at radius 1 is 1.22 bits per heavy atom. The zero-order valence-electron chi connectivity index (χ0n) is 12.5. The molecule has 23 heavy (non-hydrogen) atoms. The first kappa shape index (κ1) is 13.3. The van der Waals surface area contributed by atoms with E-state index in [0.717, 1.165) is 28.1 Å². The topological polar surface area (TPSA) is 42.7 Å². The van der Waals surface area contributed by atoms with Crippen molar-refractivity contribution in [1.82, 2.24) is 4.90 Å². The van der Waals surface area contributed by atoms with Crippen LogP contribution in [0.2, 0.25) is 0 Å². The third kappa shape index (κ3) is 2.19. The van der Waals surface area contributed by atoms with E-state index in [0.29, 0.717) is 23.9 Å². The highest BCUT2D eigenvalue weighted by molar-refractivity contribution is 7.13. The normalized spacial score (nSPS) is 17.9. The van der Waals surface area contributed by atoms with Gasteiger partial charge in [-0.1, -0.05) is 6.07 Å². The Kier molecular flexibility index (Phi) is 2.87. The van der Waals surface area contributed by atoms with Crippen LogP contribution in [-0.4, -0.2) is 17.7 Å². The summed E-state index contributed by atoms with van der Waals surface area (Å²) in [6.07, 6.45) is 2.46. The van der Waals surface area contributed by atoms with Crippen LogP contribution in [0, 0.1) is 0 Å². The predicted octanol–water partition coefficient (Wildman–Crippen LogP) is 3.84. The molecule has 1 aliphatic heterocycles. The highest BCUT2D eigenvalue weighted by atomic mass is 32.1. The molecule has 5 heteroatoms. The van der Waals surface area contributed by atoms with Gasteiger partial charge >= 0.3 is 5.63 Å². The zero-order chi connectivity index (χ0) is 15.4. The Bertz CT molecular complexity index is 941. The van der Waals surface area contributed by atoms with E-state index in [1.165, 1.54) is 12.8 Å². The first-order valence-electron chi connectivity index (χ1n) is 7.80. The van der Waals surface area contributed by atoms with Gasteiger partial charge in [0, 0.05) is 22.8 Å². The van der Waals surface area contributed by atoms with Crippen molar-refractivity contribution in [1.29, 1.82) is 0 Å². The number of ether oxygens (including phenoxy) is 1. The van der Waals surface area contributed by atoms with Gasteiger partial charge in [-0.25, -0.2) is 4.79 Å². The molecular weight excluding hydrogens is 310 g/mol. The minimum Gasteiger partial charge on any atom is -0.478 e. The van der Waals surface area contributed by atoms with Gasteiger partial charge in [0.25, 0.3) is 0 Å². The van der Waals surface area contributed by atoms with E-state index >= 15 is 0 Å². The molecule has 0 unspecified atom stereocenters. The summed E-state index contributed by atoms with van der Waals surface area (Å²) in [6.45, 7) is 1.42. The van der Waals surface area contributed by atoms with Gasteiger partial charge in [0.1, 0.15) is 18.1 Å². The van der Waals surface area contributed by atoms with Gasteiger partial charge in [0.05, 0.1) is 11.1 Å². The van der Waals surface area contributed by atoms with Gasteiger partial charge in [-0.15, -0.1) is 11.3 Å². The molecule has 116 valence electrons. The van der Waals surface area contributed by atoms with Gasteiger partial charge in [0.15, 0.2) is 0 Å². The lowest BCUT2D eigenvalue weighted by Crippen LogP contribution is -2.33. The molecule has 2 aliphatic rings. The molecule has 1 saturated carbocycles. The fraction of sp³-hybridized carbons (Fsp3) is 0.278. The number of nitrogens with zero attached hydrogens (tertiary/aromatic N) is 1. The van der Waals surface area contributed by atoms with E-state index in [-0.39, 0.29) is 5.63 Å². The van der Waals surface area contributed by atoms with E-state index in [1.54, 1.807) is 11.3 Å². The molecule has 1 aromatic carbocycles. The van der Waals surface area contributed by atoms with E-state index in [1.807, 2.05) is 35.7 Å². The molecule has 0 N–H and O–H groups in total. The van der Waals surface area contributed by atoms with Gasteiger partial charge in [-0.05, 0) is 42.5 Å². The largest absolute Gasteiger partial charge is 0.478 e. The van der Waals surface area contributed by atoms with Gasteiger partial charge in [-0.3, -0.25) is 4.90 Å². The molecule has 0 bridgehead atoms. The van der Waals surface area contributed by atoms with Crippen molar-refractivity contribution in [2.75, 3.05) is 6.73 Å². The van der Waals surface area contributed by atoms with Crippen LogP contribution in [0.3, 0.4) is 0 Å². The molecule has 5 rings (SSSR count). The lowest BCUT2D eigenvalue weighted by molar-refractivity contribution is 0.0885. The molecule has 0 saturated heterocycles. The van der Waals surface area contributed by atoms with Gasteiger partial charge in [0.2, 0.25) is 0 Å². The smallest absolute Gasteiger partial charge is 0.345 e. The summed E-state index contributed by atoms with van der Waals surface area (Å²) in [4.78, 5) is 15.7. The summed E-state index contributed by atoms with van der Waals surface area (Å²) in [5, 5.41) is 2.92. The van der Waals surface area contributed by atoms with Crippen LogP contribution in [0.15, 0.2) is 44.9 Å². The van der Waals surface area contributed by atoms with Crippen LogP contribution in [0.5, 0.6) is 5.75 Å². The highest BCUT2D eigenvalue weighted by Crippen LogP contribution is 2.37. The van der Waals surface area contributed by atoms with Crippen LogP contribution in [0.4, 0.5) is 0 Å². The van der Waals surface area contributed by atoms with Crippen molar-refractivity contribution in [3.8, 4) is 16.2 Å². The zero-order valence-corrected chi connectivity index (χ0v) is 13.3. The van der Waals surface area contributed by atoms with Crippen molar-refractivity contribution >= 4 is 22.3 Å². The van der Waals surface area contributed by atoms with E-state index in [9.17, 15) is 4.79 Å². The standard InChI is InChI=1S/C18H15NO3S/c20-18-13(16-2-1-7-23-16)8-11-3-6-15-14(17(11)22-18)9-19(10-21-15)12-4-5-12/h1-3,6-8,12H,4-5,9-10H2. The van der Waals surface area contributed by atoms with Gasteiger partial charge < -0.3 is 9.15 Å². The molecule has 0 radical (unpaired) electrons. The summed E-state index contributed by atoms with van der Waals surface area (Å²) in [5.41, 5.74) is 2.01.